The number of carbonyl (C=O) groups excluding carboxylic acids is 1. The first-order valence-corrected chi connectivity index (χ1v) is 8.81. The van der Waals surface area contributed by atoms with Gasteiger partial charge >= 0.3 is 5.97 Å². The van der Waals surface area contributed by atoms with E-state index in [0.717, 1.165) is 60.1 Å². The molecule has 126 valence electrons. The Kier molecular flexibility index (Phi) is 5.19. The summed E-state index contributed by atoms with van der Waals surface area (Å²) in [5.41, 5.74) is 3.74. The van der Waals surface area contributed by atoms with Gasteiger partial charge in [0, 0.05) is 23.1 Å². The predicted molar refractivity (Wildman–Crippen MR) is 94.4 cm³/mol. The van der Waals surface area contributed by atoms with Crippen molar-refractivity contribution in [1.29, 1.82) is 0 Å². The average molecular weight is 324 g/mol. The highest BCUT2D eigenvalue weighted by molar-refractivity contribution is 6.03. The Balaban J connectivity index is 2.00. The van der Waals surface area contributed by atoms with Gasteiger partial charge in [-0.05, 0) is 24.5 Å². The average Bonchev–Trinajstić information content (AvgIpc) is 3.19. The SMILES string of the molecule is CCCCc1cc(C2=C(CCC)C(=O)OC2c2ccccc2)co1. The normalized spacial score (nSPS) is 17.4. The summed E-state index contributed by atoms with van der Waals surface area (Å²) in [5.74, 6) is 0.776. The Hall–Kier alpha value is -2.29. The Morgan fingerprint density at radius 1 is 1.04 bits per heavy atom. The van der Waals surface area contributed by atoms with E-state index in [0.29, 0.717) is 0 Å². The lowest BCUT2D eigenvalue weighted by molar-refractivity contribution is -0.139. The van der Waals surface area contributed by atoms with Crippen LogP contribution in [0, 0.1) is 0 Å². The van der Waals surface area contributed by atoms with Crippen LogP contribution in [0.2, 0.25) is 0 Å². The van der Waals surface area contributed by atoms with Crippen LogP contribution in [-0.2, 0) is 16.0 Å². The van der Waals surface area contributed by atoms with Gasteiger partial charge in [0.2, 0.25) is 0 Å². The van der Waals surface area contributed by atoms with E-state index in [1.807, 2.05) is 30.3 Å². The molecule has 2 heterocycles. The number of hydrogen-bond acceptors (Lipinski definition) is 3. The second-order valence-electron chi connectivity index (χ2n) is 6.24. The molecule has 1 aromatic carbocycles. The van der Waals surface area contributed by atoms with Crippen molar-refractivity contribution in [2.24, 2.45) is 0 Å². The highest BCUT2D eigenvalue weighted by Gasteiger charge is 2.35. The number of ether oxygens (including phenoxy) is 1. The summed E-state index contributed by atoms with van der Waals surface area (Å²) >= 11 is 0. The van der Waals surface area contributed by atoms with Crippen LogP contribution >= 0.6 is 0 Å². The first kappa shape index (κ1) is 16.6. The molecule has 1 unspecified atom stereocenters. The van der Waals surface area contributed by atoms with Crippen LogP contribution in [0.15, 0.2) is 52.7 Å². The van der Waals surface area contributed by atoms with Crippen molar-refractivity contribution in [3.8, 4) is 0 Å². The molecule has 24 heavy (non-hydrogen) atoms. The number of esters is 1. The molecule has 1 aromatic heterocycles. The van der Waals surface area contributed by atoms with Crippen LogP contribution in [0.5, 0.6) is 0 Å². The van der Waals surface area contributed by atoms with E-state index in [2.05, 4.69) is 19.9 Å². The smallest absolute Gasteiger partial charge is 0.335 e. The molecule has 3 heteroatoms. The van der Waals surface area contributed by atoms with Gasteiger partial charge < -0.3 is 9.15 Å². The van der Waals surface area contributed by atoms with Gasteiger partial charge in [0.25, 0.3) is 0 Å². The summed E-state index contributed by atoms with van der Waals surface area (Å²) in [5, 5.41) is 0. The molecular weight excluding hydrogens is 300 g/mol. The van der Waals surface area contributed by atoms with Crippen molar-refractivity contribution >= 4 is 11.5 Å². The van der Waals surface area contributed by atoms with E-state index in [1.165, 1.54) is 0 Å². The zero-order valence-electron chi connectivity index (χ0n) is 14.4. The van der Waals surface area contributed by atoms with Crippen LogP contribution < -0.4 is 0 Å². The van der Waals surface area contributed by atoms with Crippen molar-refractivity contribution in [3.63, 3.8) is 0 Å². The van der Waals surface area contributed by atoms with E-state index in [1.54, 1.807) is 6.26 Å². The third-order valence-electron chi connectivity index (χ3n) is 4.40. The van der Waals surface area contributed by atoms with Gasteiger partial charge in [-0.3, -0.25) is 0 Å². The minimum Gasteiger partial charge on any atom is -0.469 e. The van der Waals surface area contributed by atoms with Gasteiger partial charge in [0.05, 0.1) is 6.26 Å². The molecule has 0 spiro atoms. The Labute approximate surface area is 143 Å². The van der Waals surface area contributed by atoms with E-state index >= 15 is 0 Å². The molecule has 0 fully saturated rings. The number of rotatable bonds is 7. The van der Waals surface area contributed by atoms with Crippen molar-refractivity contribution < 1.29 is 13.9 Å². The quantitative estimate of drug-likeness (QED) is 0.634. The van der Waals surface area contributed by atoms with E-state index in [-0.39, 0.29) is 12.1 Å². The number of unbranched alkanes of at least 4 members (excludes halogenated alkanes) is 1. The molecule has 0 N–H and O–H groups in total. The molecule has 1 atom stereocenters. The number of cyclic esters (lactones) is 1. The van der Waals surface area contributed by atoms with Gasteiger partial charge in [-0.25, -0.2) is 4.79 Å². The molecule has 0 amide bonds. The number of benzene rings is 1. The molecule has 2 aromatic rings. The fourth-order valence-electron chi connectivity index (χ4n) is 3.18. The summed E-state index contributed by atoms with van der Waals surface area (Å²) < 4.78 is 11.4. The first-order chi connectivity index (χ1) is 11.7. The van der Waals surface area contributed by atoms with Crippen molar-refractivity contribution in [2.45, 2.75) is 52.1 Å². The standard InChI is InChI=1S/C21H24O3/c1-3-5-12-17-13-16(14-23-17)19-18(9-4-2)21(22)24-20(19)15-10-7-6-8-11-15/h6-8,10-11,13-14,20H,3-5,9,12H2,1-2H3. The van der Waals surface area contributed by atoms with Gasteiger partial charge in [0.1, 0.15) is 5.76 Å². The topological polar surface area (TPSA) is 39.4 Å². The van der Waals surface area contributed by atoms with Crippen LogP contribution in [-0.4, -0.2) is 5.97 Å². The minimum atomic E-state index is -0.336. The molecule has 0 saturated carbocycles. The third kappa shape index (κ3) is 3.30. The van der Waals surface area contributed by atoms with Crippen molar-refractivity contribution in [3.05, 3.63) is 65.1 Å². The highest BCUT2D eigenvalue weighted by atomic mass is 16.5. The summed E-state index contributed by atoms with van der Waals surface area (Å²) in [4.78, 5) is 12.4. The van der Waals surface area contributed by atoms with Gasteiger partial charge in [0.15, 0.2) is 6.10 Å². The lowest BCUT2D eigenvalue weighted by Gasteiger charge is -2.13. The van der Waals surface area contributed by atoms with Crippen LogP contribution in [0.3, 0.4) is 0 Å². The molecule has 0 saturated heterocycles. The van der Waals surface area contributed by atoms with Gasteiger partial charge in [-0.15, -0.1) is 0 Å². The van der Waals surface area contributed by atoms with Crippen LogP contribution in [0.1, 0.15) is 62.5 Å². The zero-order valence-corrected chi connectivity index (χ0v) is 14.4. The molecule has 3 nitrogen and oxygen atoms in total. The Morgan fingerprint density at radius 2 is 1.83 bits per heavy atom. The number of aryl methyl sites for hydroxylation is 1. The summed E-state index contributed by atoms with van der Waals surface area (Å²) in [7, 11) is 0. The Morgan fingerprint density at radius 3 is 2.54 bits per heavy atom. The summed E-state index contributed by atoms with van der Waals surface area (Å²) in [6, 6.07) is 12.0. The van der Waals surface area contributed by atoms with Gasteiger partial charge in [-0.1, -0.05) is 57.0 Å². The molecule has 0 aliphatic carbocycles. The molecule has 1 aliphatic heterocycles. The second kappa shape index (κ2) is 7.52. The zero-order chi connectivity index (χ0) is 16.9. The third-order valence-corrected chi connectivity index (χ3v) is 4.40. The Bertz CT molecular complexity index is 725. The maximum Gasteiger partial charge on any atom is 0.335 e. The molecule has 0 radical (unpaired) electrons. The summed E-state index contributed by atoms with van der Waals surface area (Å²) in [6.07, 6.45) is 6.24. The number of hydrogen-bond donors (Lipinski definition) is 0. The predicted octanol–water partition coefficient (Wildman–Crippen LogP) is 5.47. The van der Waals surface area contributed by atoms with Gasteiger partial charge in [-0.2, -0.15) is 0 Å². The van der Waals surface area contributed by atoms with E-state index in [9.17, 15) is 4.79 Å². The number of furan rings is 1. The highest BCUT2D eigenvalue weighted by Crippen LogP contribution is 2.43. The lowest BCUT2D eigenvalue weighted by Crippen LogP contribution is -2.03. The first-order valence-electron chi connectivity index (χ1n) is 8.81. The maximum absolute atomic E-state index is 12.4. The maximum atomic E-state index is 12.4. The van der Waals surface area contributed by atoms with Crippen molar-refractivity contribution in [1.82, 2.24) is 0 Å². The largest absolute Gasteiger partial charge is 0.469 e. The molecule has 0 bridgehead atoms. The van der Waals surface area contributed by atoms with Crippen LogP contribution in [0.4, 0.5) is 0 Å². The van der Waals surface area contributed by atoms with E-state index in [4.69, 9.17) is 9.15 Å². The fraction of sp³-hybridized carbons (Fsp3) is 0.381. The minimum absolute atomic E-state index is 0.197. The molecular formula is C21H24O3. The lowest BCUT2D eigenvalue weighted by atomic mass is 9.92. The monoisotopic (exact) mass is 324 g/mol. The van der Waals surface area contributed by atoms with E-state index < -0.39 is 0 Å². The fourth-order valence-corrected chi connectivity index (χ4v) is 3.18. The number of carbonyl (C=O) groups is 1. The van der Waals surface area contributed by atoms with Crippen LogP contribution in [0.25, 0.3) is 5.57 Å². The summed E-state index contributed by atoms with van der Waals surface area (Å²) in [6.45, 7) is 4.25. The molecule has 1 aliphatic rings. The second-order valence-corrected chi connectivity index (χ2v) is 6.24. The van der Waals surface area contributed by atoms with Crippen molar-refractivity contribution in [2.75, 3.05) is 0 Å². The molecule has 3 rings (SSSR count).